The zero-order chi connectivity index (χ0) is 18.7. The fraction of sp³-hybridized carbons (Fsp3) is 0.417. The molecule has 0 radical (unpaired) electrons. The average molecular weight is 373 g/mol. The van der Waals surface area contributed by atoms with Crippen LogP contribution in [-0.2, 0) is 6.42 Å². The maximum atomic E-state index is 3.43. The van der Waals surface area contributed by atoms with E-state index < -0.39 is 0 Å². The molecule has 2 unspecified atom stereocenters. The van der Waals surface area contributed by atoms with Crippen molar-refractivity contribution < 1.29 is 0 Å². The van der Waals surface area contributed by atoms with E-state index in [9.17, 15) is 0 Å². The predicted molar refractivity (Wildman–Crippen MR) is 117 cm³/mol. The first-order valence-electron chi connectivity index (χ1n) is 10.7. The number of likely N-dealkylation sites (tertiary alicyclic amines) is 1. The van der Waals surface area contributed by atoms with E-state index in [4.69, 9.17) is 0 Å². The molecule has 0 bridgehead atoms. The summed E-state index contributed by atoms with van der Waals surface area (Å²) in [7, 11) is 2.24. The number of hydrogen-bond acceptors (Lipinski definition) is 3. The minimum atomic E-state index is 0.665. The van der Waals surface area contributed by atoms with E-state index >= 15 is 0 Å². The molecular formula is C24H28N4. The topological polar surface area (TPSA) is 25.5 Å². The molecule has 0 saturated carbocycles. The van der Waals surface area contributed by atoms with Gasteiger partial charge in [0, 0.05) is 68.8 Å². The number of nitrogens with one attached hydrogen (secondary N) is 1. The van der Waals surface area contributed by atoms with Gasteiger partial charge in [0.1, 0.15) is 0 Å². The summed E-state index contributed by atoms with van der Waals surface area (Å²) < 4.78 is 0. The summed E-state index contributed by atoms with van der Waals surface area (Å²) in [4.78, 5) is 11.3. The maximum absolute atomic E-state index is 3.43. The lowest BCUT2D eigenvalue weighted by molar-refractivity contribution is 0.195. The van der Waals surface area contributed by atoms with Gasteiger partial charge in [0.05, 0.1) is 11.4 Å². The molecule has 4 nitrogen and oxygen atoms in total. The van der Waals surface area contributed by atoms with Crippen LogP contribution < -0.4 is 9.80 Å². The molecule has 4 heteroatoms. The van der Waals surface area contributed by atoms with Crippen LogP contribution in [0.3, 0.4) is 0 Å². The number of nitrogens with zero attached hydrogens (tertiary/aromatic N) is 3. The number of H-pyrrole nitrogens is 1. The van der Waals surface area contributed by atoms with Gasteiger partial charge in [0.25, 0.3) is 0 Å². The molecule has 4 heterocycles. The standard InChI is InChI=1S/C24H28N4/c1-26-13-14-28-22-10-12-27(16-20(22)19-6-4-8-23(26)24(19)28)11-9-17-15-25-21-7-3-2-5-18(17)21/h2-8,15,20,22,25H,9-14,16H2,1H3. The number of likely N-dealkylation sites (N-methyl/N-ethyl adjacent to an activating group) is 1. The van der Waals surface area contributed by atoms with E-state index in [1.807, 2.05) is 0 Å². The maximum Gasteiger partial charge on any atom is 0.0644 e. The van der Waals surface area contributed by atoms with Crippen LogP contribution in [0.4, 0.5) is 11.4 Å². The molecule has 6 rings (SSSR count). The molecule has 0 spiro atoms. The molecule has 1 fully saturated rings. The predicted octanol–water partition coefficient (Wildman–Crippen LogP) is 3.84. The smallest absolute Gasteiger partial charge is 0.0644 e. The van der Waals surface area contributed by atoms with Gasteiger partial charge < -0.3 is 19.7 Å². The molecule has 1 N–H and O–H groups in total. The van der Waals surface area contributed by atoms with Gasteiger partial charge in [-0.1, -0.05) is 30.3 Å². The minimum absolute atomic E-state index is 0.665. The third-order valence-electron chi connectivity index (χ3n) is 7.25. The molecular weight excluding hydrogens is 344 g/mol. The van der Waals surface area contributed by atoms with Crippen LogP contribution in [0.1, 0.15) is 23.5 Å². The van der Waals surface area contributed by atoms with Crippen LogP contribution in [0.5, 0.6) is 0 Å². The van der Waals surface area contributed by atoms with E-state index in [1.165, 1.54) is 53.9 Å². The van der Waals surface area contributed by atoms with Crippen LogP contribution in [0.25, 0.3) is 10.9 Å². The van der Waals surface area contributed by atoms with Crippen molar-refractivity contribution in [3.63, 3.8) is 0 Å². The van der Waals surface area contributed by atoms with Crippen LogP contribution in [-0.4, -0.2) is 55.7 Å². The van der Waals surface area contributed by atoms with Crippen molar-refractivity contribution in [3.05, 3.63) is 59.8 Å². The highest BCUT2D eigenvalue weighted by atomic mass is 15.3. The zero-order valence-electron chi connectivity index (χ0n) is 16.6. The van der Waals surface area contributed by atoms with E-state index in [0.29, 0.717) is 12.0 Å². The van der Waals surface area contributed by atoms with E-state index in [-0.39, 0.29) is 0 Å². The lowest BCUT2D eigenvalue weighted by atomic mass is 9.89. The highest BCUT2D eigenvalue weighted by molar-refractivity contribution is 5.83. The number of benzene rings is 2. The normalized spacial score (nSPS) is 23.9. The van der Waals surface area contributed by atoms with Gasteiger partial charge in [-0.05, 0) is 36.1 Å². The average Bonchev–Trinajstić information content (AvgIpc) is 3.29. The first-order valence-corrected chi connectivity index (χ1v) is 10.7. The van der Waals surface area contributed by atoms with Crippen LogP contribution in [0.15, 0.2) is 48.7 Å². The third-order valence-corrected chi connectivity index (χ3v) is 7.25. The Morgan fingerprint density at radius 2 is 1.96 bits per heavy atom. The van der Waals surface area contributed by atoms with Crippen molar-refractivity contribution in [2.24, 2.45) is 0 Å². The second-order valence-electron chi connectivity index (χ2n) is 8.70. The summed E-state index contributed by atoms with van der Waals surface area (Å²) in [6.45, 7) is 5.89. The number of rotatable bonds is 3. The van der Waals surface area contributed by atoms with Crippen molar-refractivity contribution in [2.45, 2.75) is 24.8 Å². The molecule has 1 saturated heterocycles. The summed E-state index contributed by atoms with van der Waals surface area (Å²) in [6, 6.07) is 16.3. The Labute approximate surface area is 166 Å². The lowest BCUT2D eigenvalue weighted by Gasteiger charge is -2.41. The van der Waals surface area contributed by atoms with Crippen LogP contribution in [0, 0.1) is 0 Å². The zero-order valence-corrected chi connectivity index (χ0v) is 16.6. The highest BCUT2D eigenvalue weighted by Crippen LogP contribution is 2.50. The first kappa shape index (κ1) is 16.5. The number of aromatic nitrogens is 1. The number of anilines is 2. The van der Waals surface area contributed by atoms with Gasteiger partial charge in [-0.25, -0.2) is 0 Å². The molecule has 0 amide bonds. The Kier molecular flexibility index (Phi) is 3.70. The fourth-order valence-corrected chi connectivity index (χ4v) is 5.80. The fourth-order valence-electron chi connectivity index (χ4n) is 5.80. The van der Waals surface area contributed by atoms with Crippen LogP contribution >= 0.6 is 0 Å². The van der Waals surface area contributed by atoms with Crippen molar-refractivity contribution in [3.8, 4) is 0 Å². The summed E-state index contributed by atoms with van der Waals surface area (Å²) >= 11 is 0. The molecule has 3 aliphatic rings. The highest BCUT2D eigenvalue weighted by Gasteiger charge is 2.44. The van der Waals surface area contributed by atoms with Crippen molar-refractivity contribution in [2.75, 3.05) is 49.6 Å². The number of piperidine rings is 1. The molecule has 2 atom stereocenters. The molecule has 3 aliphatic heterocycles. The Morgan fingerprint density at radius 3 is 2.93 bits per heavy atom. The lowest BCUT2D eigenvalue weighted by Crippen LogP contribution is -2.49. The minimum Gasteiger partial charge on any atom is -0.371 e. The van der Waals surface area contributed by atoms with Gasteiger partial charge >= 0.3 is 0 Å². The van der Waals surface area contributed by atoms with Gasteiger partial charge in [0.15, 0.2) is 0 Å². The molecule has 2 aromatic carbocycles. The number of aromatic amines is 1. The van der Waals surface area contributed by atoms with E-state index in [1.54, 1.807) is 5.56 Å². The SMILES string of the molecule is CN1CCN2c3c(cccc31)C1CN(CCc3c[nH]c4ccccc34)CCC12. The number of hydrogen-bond donors (Lipinski definition) is 1. The summed E-state index contributed by atoms with van der Waals surface area (Å²) in [5, 5.41) is 1.38. The quantitative estimate of drug-likeness (QED) is 0.756. The molecule has 0 aliphatic carbocycles. The Morgan fingerprint density at radius 1 is 1.04 bits per heavy atom. The molecule has 28 heavy (non-hydrogen) atoms. The van der Waals surface area contributed by atoms with Gasteiger partial charge in [-0.3, -0.25) is 0 Å². The summed E-state index contributed by atoms with van der Waals surface area (Å²) in [5.74, 6) is 0.665. The number of para-hydroxylation sites is 2. The Hall–Kier alpha value is -2.46. The van der Waals surface area contributed by atoms with Crippen molar-refractivity contribution in [1.29, 1.82) is 0 Å². The largest absolute Gasteiger partial charge is 0.371 e. The van der Waals surface area contributed by atoms with E-state index in [2.05, 4.69) is 75.4 Å². The molecule has 1 aromatic heterocycles. The molecule has 144 valence electrons. The van der Waals surface area contributed by atoms with E-state index in [0.717, 1.165) is 19.5 Å². The second kappa shape index (κ2) is 6.28. The van der Waals surface area contributed by atoms with Gasteiger partial charge in [-0.2, -0.15) is 0 Å². The summed E-state index contributed by atoms with van der Waals surface area (Å²) in [6.07, 6.45) is 4.62. The monoisotopic (exact) mass is 372 g/mol. The van der Waals surface area contributed by atoms with Gasteiger partial charge in [-0.15, -0.1) is 0 Å². The summed E-state index contributed by atoms with van der Waals surface area (Å²) in [5.41, 5.74) is 7.26. The van der Waals surface area contributed by atoms with Gasteiger partial charge in [0.2, 0.25) is 0 Å². The Balaban J connectivity index is 1.22. The second-order valence-corrected chi connectivity index (χ2v) is 8.70. The third kappa shape index (κ3) is 2.40. The van der Waals surface area contributed by atoms with Crippen LogP contribution in [0.2, 0.25) is 0 Å². The first-order chi connectivity index (χ1) is 13.8. The molecule has 3 aromatic rings. The van der Waals surface area contributed by atoms with Crippen molar-refractivity contribution in [1.82, 2.24) is 9.88 Å². The van der Waals surface area contributed by atoms with Crippen molar-refractivity contribution >= 4 is 22.3 Å². The number of fused-ring (bicyclic) bond motifs is 4. The Bertz CT molecular complexity index is 1020.